The molecule has 0 aromatic carbocycles. The number of hydrogen-bond donors (Lipinski definition) is 3. The van der Waals surface area contributed by atoms with E-state index in [4.69, 9.17) is 0 Å². The number of aromatic amines is 2. The van der Waals surface area contributed by atoms with Gasteiger partial charge < -0.3 is 15.2 Å². The first-order valence-electron chi connectivity index (χ1n) is 7.79. The van der Waals surface area contributed by atoms with Gasteiger partial charge in [-0.05, 0) is 12.8 Å². The molecule has 3 aromatic rings. The summed E-state index contributed by atoms with van der Waals surface area (Å²) in [6, 6.07) is -0.105. The number of amides is 2. The molecule has 8 nitrogen and oxygen atoms in total. The van der Waals surface area contributed by atoms with E-state index >= 15 is 0 Å². The van der Waals surface area contributed by atoms with Crippen LogP contribution in [0.15, 0.2) is 30.2 Å². The number of carbonyl (C=O) groups excluding carboxylic acids is 1. The number of aromatic nitrogens is 5. The van der Waals surface area contributed by atoms with Crippen molar-refractivity contribution < 1.29 is 4.79 Å². The van der Waals surface area contributed by atoms with Crippen LogP contribution in [0.4, 0.5) is 10.5 Å². The van der Waals surface area contributed by atoms with Gasteiger partial charge in [0.15, 0.2) is 0 Å². The normalized spacial score (nSPS) is 15.6. The Balaban J connectivity index is 1.39. The number of anilines is 1. The summed E-state index contributed by atoms with van der Waals surface area (Å²) in [5, 5.41) is 12.5. The van der Waals surface area contributed by atoms with Crippen molar-refractivity contribution in [2.45, 2.75) is 18.8 Å². The van der Waals surface area contributed by atoms with Gasteiger partial charge in [-0.3, -0.25) is 5.10 Å². The number of imidazole rings is 1. The zero-order valence-corrected chi connectivity index (χ0v) is 13.7. The van der Waals surface area contributed by atoms with Crippen molar-refractivity contribution >= 4 is 23.1 Å². The predicted molar refractivity (Wildman–Crippen MR) is 90.9 cm³/mol. The van der Waals surface area contributed by atoms with Crippen molar-refractivity contribution in [3.05, 3.63) is 36.0 Å². The summed E-state index contributed by atoms with van der Waals surface area (Å²) in [7, 11) is 0. The maximum atomic E-state index is 12.5. The lowest BCUT2D eigenvalue weighted by Crippen LogP contribution is -2.40. The number of piperidine rings is 1. The van der Waals surface area contributed by atoms with E-state index < -0.39 is 0 Å². The highest BCUT2D eigenvalue weighted by atomic mass is 32.1. The van der Waals surface area contributed by atoms with Gasteiger partial charge in [0.25, 0.3) is 0 Å². The van der Waals surface area contributed by atoms with E-state index in [1.54, 1.807) is 18.6 Å². The average Bonchev–Trinajstić information content (AvgIpc) is 3.36. The van der Waals surface area contributed by atoms with Gasteiger partial charge in [0.1, 0.15) is 16.5 Å². The molecule has 1 aliphatic heterocycles. The number of urea groups is 1. The summed E-state index contributed by atoms with van der Waals surface area (Å²) in [5.74, 6) is 1.40. The minimum atomic E-state index is -0.105. The summed E-state index contributed by atoms with van der Waals surface area (Å²) in [5.41, 5.74) is 1.40. The van der Waals surface area contributed by atoms with Crippen LogP contribution in [0, 0.1) is 0 Å². The molecule has 3 aromatic heterocycles. The summed E-state index contributed by atoms with van der Waals surface area (Å²) >= 11 is 1.50. The Labute approximate surface area is 142 Å². The van der Waals surface area contributed by atoms with Crippen molar-refractivity contribution in [3.63, 3.8) is 0 Å². The standard InChI is InChI=1S/C15H17N7OS/c23-15(20-11-9-19-21-12(11)14-18-5-8-24-14)22-6-1-10(2-7-22)13-16-3-4-17-13/h3-5,8-10H,1-2,6-7H2,(H,16,17)(H,19,21)(H,20,23). The molecule has 1 fully saturated rings. The molecular formula is C15H17N7OS. The van der Waals surface area contributed by atoms with Gasteiger partial charge in [0.2, 0.25) is 0 Å². The highest BCUT2D eigenvalue weighted by Crippen LogP contribution is 2.28. The van der Waals surface area contributed by atoms with E-state index in [1.807, 2.05) is 16.5 Å². The molecule has 2 amide bonds. The number of nitrogens with one attached hydrogen (secondary N) is 3. The molecule has 4 heterocycles. The van der Waals surface area contributed by atoms with E-state index in [2.05, 4.69) is 30.5 Å². The van der Waals surface area contributed by atoms with Crippen molar-refractivity contribution in [3.8, 4) is 10.7 Å². The third-order valence-electron chi connectivity index (χ3n) is 4.22. The zero-order valence-electron chi connectivity index (χ0n) is 12.9. The average molecular weight is 343 g/mol. The summed E-state index contributed by atoms with van der Waals surface area (Å²) in [4.78, 5) is 26.1. The first-order chi connectivity index (χ1) is 11.8. The lowest BCUT2D eigenvalue weighted by Gasteiger charge is -2.31. The Hall–Kier alpha value is -2.68. The van der Waals surface area contributed by atoms with Gasteiger partial charge in [-0.25, -0.2) is 14.8 Å². The number of carbonyl (C=O) groups is 1. The Kier molecular flexibility index (Phi) is 3.99. The second-order valence-corrected chi connectivity index (χ2v) is 6.56. The lowest BCUT2D eigenvalue weighted by molar-refractivity contribution is 0.193. The van der Waals surface area contributed by atoms with Crippen molar-refractivity contribution in [2.75, 3.05) is 18.4 Å². The summed E-state index contributed by atoms with van der Waals surface area (Å²) in [6.45, 7) is 1.42. The van der Waals surface area contributed by atoms with Crippen LogP contribution in [0.3, 0.4) is 0 Å². The molecule has 0 spiro atoms. The molecule has 24 heavy (non-hydrogen) atoms. The monoisotopic (exact) mass is 343 g/mol. The first kappa shape index (κ1) is 14.9. The second-order valence-electron chi connectivity index (χ2n) is 5.66. The van der Waals surface area contributed by atoms with Crippen molar-refractivity contribution in [1.29, 1.82) is 0 Å². The Bertz CT molecular complexity index is 788. The van der Waals surface area contributed by atoms with Crippen LogP contribution in [-0.2, 0) is 0 Å². The second kappa shape index (κ2) is 6.44. The van der Waals surface area contributed by atoms with E-state index in [-0.39, 0.29) is 6.03 Å². The quantitative estimate of drug-likeness (QED) is 0.680. The highest BCUT2D eigenvalue weighted by Gasteiger charge is 2.25. The maximum Gasteiger partial charge on any atom is 0.321 e. The van der Waals surface area contributed by atoms with Crippen LogP contribution in [0.25, 0.3) is 10.7 Å². The molecule has 0 bridgehead atoms. The number of rotatable bonds is 3. The highest BCUT2D eigenvalue weighted by molar-refractivity contribution is 7.13. The minimum Gasteiger partial charge on any atom is -0.348 e. The lowest BCUT2D eigenvalue weighted by atomic mass is 9.96. The molecule has 1 saturated heterocycles. The number of thiazole rings is 1. The van der Waals surface area contributed by atoms with Crippen molar-refractivity contribution in [1.82, 2.24) is 30.0 Å². The molecule has 0 radical (unpaired) electrons. The van der Waals surface area contributed by atoms with Crippen LogP contribution < -0.4 is 5.32 Å². The third-order valence-corrected chi connectivity index (χ3v) is 5.01. The molecule has 3 N–H and O–H groups in total. The fraction of sp³-hybridized carbons (Fsp3) is 0.333. The van der Waals surface area contributed by atoms with Crippen LogP contribution in [0.2, 0.25) is 0 Å². The first-order valence-corrected chi connectivity index (χ1v) is 8.67. The number of likely N-dealkylation sites (tertiary alicyclic amines) is 1. The molecule has 0 aliphatic carbocycles. The Morgan fingerprint density at radius 2 is 2.17 bits per heavy atom. The molecule has 0 saturated carbocycles. The molecule has 9 heteroatoms. The molecule has 0 unspecified atom stereocenters. The SMILES string of the molecule is O=C(Nc1cn[nH]c1-c1nccs1)N1CCC(c2ncc[nH]2)CC1. The molecular weight excluding hydrogens is 326 g/mol. The number of H-pyrrole nitrogens is 2. The van der Waals surface area contributed by atoms with Gasteiger partial charge in [0.05, 0.1) is 11.9 Å². The fourth-order valence-corrected chi connectivity index (χ4v) is 3.59. The van der Waals surface area contributed by atoms with E-state index in [1.165, 1.54) is 11.3 Å². The van der Waals surface area contributed by atoms with Crippen LogP contribution in [0.1, 0.15) is 24.6 Å². The van der Waals surface area contributed by atoms with Gasteiger partial charge in [0, 0.05) is 43.0 Å². The predicted octanol–water partition coefficient (Wildman–Crippen LogP) is 2.67. The van der Waals surface area contributed by atoms with Gasteiger partial charge in [-0.1, -0.05) is 0 Å². The largest absolute Gasteiger partial charge is 0.348 e. The zero-order chi connectivity index (χ0) is 16.4. The number of nitrogens with zero attached hydrogens (tertiary/aromatic N) is 4. The minimum absolute atomic E-state index is 0.105. The summed E-state index contributed by atoms with van der Waals surface area (Å²) < 4.78 is 0. The van der Waals surface area contributed by atoms with Crippen LogP contribution >= 0.6 is 11.3 Å². The van der Waals surface area contributed by atoms with E-state index in [0.717, 1.165) is 29.4 Å². The topological polar surface area (TPSA) is 103 Å². The third kappa shape index (κ3) is 2.90. The van der Waals surface area contributed by atoms with Crippen LogP contribution in [-0.4, -0.2) is 49.2 Å². The van der Waals surface area contributed by atoms with E-state index in [0.29, 0.717) is 24.7 Å². The molecule has 4 rings (SSSR count). The summed E-state index contributed by atoms with van der Waals surface area (Å²) in [6.07, 6.45) is 8.77. The van der Waals surface area contributed by atoms with Gasteiger partial charge in [-0.2, -0.15) is 5.10 Å². The Morgan fingerprint density at radius 3 is 2.88 bits per heavy atom. The fourth-order valence-electron chi connectivity index (χ4n) is 2.94. The maximum absolute atomic E-state index is 12.5. The molecule has 0 atom stereocenters. The van der Waals surface area contributed by atoms with Gasteiger partial charge >= 0.3 is 6.03 Å². The van der Waals surface area contributed by atoms with Crippen LogP contribution in [0.5, 0.6) is 0 Å². The Morgan fingerprint density at radius 1 is 1.29 bits per heavy atom. The smallest absolute Gasteiger partial charge is 0.321 e. The van der Waals surface area contributed by atoms with Gasteiger partial charge in [-0.15, -0.1) is 11.3 Å². The molecule has 1 aliphatic rings. The molecule has 124 valence electrons. The van der Waals surface area contributed by atoms with Crippen molar-refractivity contribution in [2.24, 2.45) is 0 Å². The number of hydrogen-bond acceptors (Lipinski definition) is 5. The van der Waals surface area contributed by atoms with E-state index in [9.17, 15) is 4.79 Å².